The van der Waals surface area contributed by atoms with E-state index in [4.69, 9.17) is 11.1 Å². The van der Waals surface area contributed by atoms with Crippen molar-refractivity contribution in [1.29, 1.82) is 5.41 Å². The lowest BCUT2D eigenvalue weighted by Crippen LogP contribution is -2.37. The van der Waals surface area contributed by atoms with Crippen molar-refractivity contribution in [2.45, 2.75) is 25.1 Å². The van der Waals surface area contributed by atoms with E-state index in [1.54, 1.807) is 6.20 Å². The van der Waals surface area contributed by atoms with E-state index in [2.05, 4.69) is 28.6 Å². The van der Waals surface area contributed by atoms with Gasteiger partial charge >= 0.3 is 0 Å². The fraction of sp³-hybridized carbons (Fsp3) is 0.538. The minimum absolute atomic E-state index is 0.0593. The zero-order valence-corrected chi connectivity index (χ0v) is 11.5. The molecule has 4 nitrogen and oxygen atoms in total. The van der Waals surface area contributed by atoms with E-state index in [1.165, 1.54) is 12.2 Å². The third-order valence-corrected chi connectivity index (χ3v) is 4.59. The van der Waals surface area contributed by atoms with Crippen molar-refractivity contribution in [3.05, 3.63) is 29.6 Å². The van der Waals surface area contributed by atoms with E-state index in [0.717, 1.165) is 30.4 Å². The third-order valence-electron chi connectivity index (χ3n) is 3.22. The molecule has 1 aliphatic heterocycles. The molecular formula is C13H20N4S. The normalized spacial score (nSPS) is 20.8. The molecule has 2 rings (SSSR count). The van der Waals surface area contributed by atoms with Gasteiger partial charge in [0.25, 0.3) is 0 Å². The van der Waals surface area contributed by atoms with Gasteiger partial charge in [-0.2, -0.15) is 11.8 Å². The second-order valence-electron chi connectivity index (χ2n) is 4.56. The fourth-order valence-corrected chi connectivity index (χ4v) is 3.47. The number of aromatic nitrogens is 1. The molecule has 0 bridgehead atoms. The molecule has 18 heavy (non-hydrogen) atoms. The largest absolute Gasteiger partial charge is 0.382 e. The van der Waals surface area contributed by atoms with Gasteiger partial charge < -0.3 is 5.73 Å². The van der Waals surface area contributed by atoms with Crippen LogP contribution in [-0.4, -0.2) is 39.8 Å². The van der Waals surface area contributed by atoms with Crippen LogP contribution < -0.4 is 5.73 Å². The van der Waals surface area contributed by atoms with E-state index in [9.17, 15) is 0 Å². The van der Waals surface area contributed by atoms with Crippen LogP contribution in [0.1, 0.15) is 24.6 Å². The number of nitrogens with one attached hydrogen (secondary N) is 1. The van der Waals surface area contributed by atoms with Crippen LogP contribution in [0.15, 0.2) is 18.3 Å². The van der Waals surface area contributed by atoms with Gasteiger partial charge in [-0.1, -0.05) is 13.0 Å². The summed E-state index contributed by atoms with van der Waals surface area (Å²) in [6, 6.07) is 3.93. The van der Waals surface area contributed by atoms with Gasteiger partial charge in [0.05, 0.1) is 0 Å². The number of nitrogens with zero attached hydrogens (tertiary/aromatic N) is 2. The monoisotopic (exact) mass is 264 g/mol. The minimum Gasteiger partial charge on any atom is -0.382 e. The molecule has 1 unspecified atom stereocenters. The molecule has 98 valence electrons. The van der Waals surface area contributed by atoms with Gasteiger partial charge in [0.2, 0.25) is 0 Å². The number of rotatable bonds is 4. The zero-order valence-electron chi connectivity index (χ0n) is 10.7. The minimum atomic E-state index is 0.0593. The molecule has 1 aromatic rings. The molecule has 1 saturated heterocycles. The number of hydrogen-bond acceptors (Lipinski definition) is 4. The van der Waals surface area contributed by atoms with Crippen LogP contribution in [0.4, 0.5) is 0 Å². The van der Waals surface area contributed by atoms with Crippen molar-refractivity contribution < 1.29 is 0 Å². The van der Waals surface area contributed by atoms with Gasteiger partial charge in [-0.05, 0) is 18.1 Å². The Labute approximate surface area is 112 Å². The molecule has 0 radical (unpaired) electrons. The first-order chi connectivity index (χ1) is 8.70. The van der Waals surface area contributed by atoms with Crippen LogP contribution in [0.2, 0.25) is 0 Å². The molecule has 1 aromatic heterocycles. The van der Waals surface area contributed by atoms with Crippen LogP contribution >= 0.6 is 11.8 Å². The lowest BCUT2D eigenvalue weighted by Gasteiger charge is -2.32. The predicted molar refractivity (Wildman–Crippen MR) is 77.1 cm³/mol. The van der Waals surface area contributed by atoms with E-state index in [0.29, 0.717) is 5.69 Å². The predicted octanol–water partition coefficient (Wildman–Crippen LogP) is 1.69. The smallest absolute Gasteiger partial charge is 0.142 e. The maximum atomic E-state index is 7.56. The standard InChI is InChI=1S/C13H20N4S/c1-2-11-9-17(6-7-18-11)8-10-4-3-5-16-12(10)13(14)15/h3-5,11H,2,6-9H2,1H3,(H3,14,15). The molecule has 3 N–H and O–H groups in total. The first kappa shape index (κ1) is 13.4. The van der Waals surface area contributed by atoms with Gasteiger partial charge in [0, 0.05) is 36.8 Å². The quantitative estimate of drug-likeness (QED) is 0.641. The summed E-state index contributed by atoms with van der Waals surface area (Å²) in [5, 5.41) is 8.29. The van der Waals surface area contributed by atoms with Crippen molar-refractivity contribution in [3.63, 3.8) is 0 Å². The highest BCUT2D eigenvalue weighted by Gasteiger charge is 2.20. The van der Waals surface area contributed by atoms with E-state index in [-0.39, 0.29) is 5.84 Å². The van der Waals surface area contributed by atoms with Gasteiger partial charge in [0.1, 0.15) is 11.5 Å². The number of nitrogen functional groups attached to an aromatic ring is 1. The summed E-state index contributed by atoms with van der Waals surface area (Å²) in [5.74, 6) is 1.25. The molecule has 5 heteroatoms. The van der Waals surface area contributed by atoms with Crippen molar-refractivity contribution in [1.82, 2.24) is 9.88 Å². The average molecular weight is 264 g/mol. The number of thioether (sulfide) groups is 1. The summed E-state index contributed by atoms with van der Waals surface area (Å²) >= 11 is 2.06. The van der Waals surface area contributed by atoms with Crippen LogP contribution in [-0.2, 0) is 6.54 Å². The Morgan fingerprint density at radius 1 is 1.67 bits per heavy atom. The second kappa shape index (κ2) is 6.20. The highest BCUT2D eigenvalue weighted by molar-refractivity contribution is 8.00. The average Bonchev–Trinajstić information content (AvgIpc) is 2.39. The summed E-state index contributed by atoms with van der Waals surface area (Å²) in [5.41, 5.74) is 7.26. The number of nitrogens with two attached hydrogens (primary N) is 1. The highest BCUT2D eigenvalue weighted by Crippen LogP contribution is 2.22. The van der Waals surface area contributed by atoms with Gasteiger partial charge in [0.15, 0.2) is 0 Å². The summed E-state index contributed by atoms with van der Waals surface area (Å²) in [6.45, 7) is 5.31. The second-order valence-corrected chi connectivity index (χ2v) is 5.97. The van der Waals surface area contributed by atoms with Gasteiger partial charge in [-0.25, -0.2) is 0 Å². The van der Waals surface area contributed by atoms with E-state index < -0.39 is 0 Å². The van der Waals surface area contributed by atoms with E-state index >= 15 is 0 Å². The molecule has 2 heterocycles. The lowest BCUT2D eigenvalue weighted by molar-refractivity contribution is 0.273. The number of amidine groups is 1. The topological polar surface area (TPSA) is 66.0 Å². The highest BCUT2D eigenvalue weighted by atomic mass is 32.2. The van der Waals surface area contributed by atoms with Crippen LogP contribution in [0, 0.1) is 5.41 Å². The van der Waals surface area contributed by atoms with Crippen LogP contribution in [0.5, 0.6) is 0 Å². The van der Waals surface area contributed by atoms with Crippen molar-refractivity contribution >= 4 is 17.6 Å². The summed E-state index contributed by atoms with van der Waals surface area (Å²) in [6.07, 6.45) is 2.91. The zero-order chi connectivity index (χ0) is 13.0. The maximum absolute atomic E-state index is 7.56. The van der Waals surface area contributed by atoms with Gasteiger partial charge in [-0.15, -0.1) is 0 Å². The Bertz CT molecular complexity index is 421. The number of hydrogen-bond donors (Lipinski definition) is 2. The Hall–Kier alpha value is -1.07. The Kier molecular flexibility index (Phi) is 4.60. The summed E-state index contributed by atoms with van der Waals surface area (Å²) in [4.78, 5) is 6.64. The fourth-order valence-electron chi connectivity index (χ4n) is 2.22. The lowest BCUT2D eigenvalue weighted by atomic mass is 10.1. The Morgan fingerprint density at radius 3 is 3.22 bits per heavy atom. The Balaban J connectivity index is 2.07. The molecule has 1 fully saturated rings. The van der Waals surface area contributed by atoms with Crippen molar-refractivity contribution in [2.24, 2.45) is 5.73 Å². The first-order valence-electron chi connectivity index (χ1n) is 6.33. The summed E-state index contributed by atoms with van der Waals surface area (Å²) < 4.78 is 0. The van der Waals surface area contributed by atoms with Crippen LogP contribution in [0.3, 0.4) is 0 Å². The Morgan fingerprint density at radius 2 is 2.50 bits per heavy atom. The van der Waals surface area contributed by atoms with Crippen LogP contribution in [0.25, 0.3) is 0 Å². The molecule has 0 amide bonds. The number of pyridine rings is 1. The van der Waals surface area contributed by atoms with Gasteiger partial charge in [-0.3, -0.25) is 15.3 Å². The third kappa shape index (κ3) is 3.23. The maximum Gasteiger partial charge on any atom is 0.142 e. The summed E-state index contributed by atoms with van der Waals surface area (Å²) in [7, 11) is 0. The van der Waals surface area contributed by atoms with Crippen molar-refractivity contribution in [2.75, 3.05) is 18.8 Å². The molecule has 1 aliphatic rings. The molecule has 0 spiro atoms. The molecule has 1 atom stereocenters. The van der Waals surface area contributed by atoms with E-state index in [1.807, 2.05) is 12.1 Å². The van der Waals surface area contributed by atoms with Crippen molar-refractivity contribution in [3.8, 4) is 0 Å². The molecular weight excluding hydrogens is 244 g/mol. The molecule has 0 aromatic carbocycles. The first-order valence-corrected chi connectivity index (χ1v) is 7.37. The molecule has 0 aliphatic carbocycles. The SMILES string of the molecule is CCC1CN(Cc2cccnc2C(=N)N)CCS1. The molecule has 0 saturated carbocycles.